The minimum Gasteiger partial charge on any atom is -0.394 e. The van der Waals surface area contributed by atoms with Crippen LogP contribution >= 0.6 is 22.6 Å². The molecule has 10 nitrogen and oxygen atoms in total. The molecule has 0 aromatic carbocycles. The third-order valence-corrected chi connectivity index (χ3v) is 3.66. The molecule has 0 saturated carbocycles. The number of nitrogens with two attached hydrogens (primary N) is 1. The first-order valence-electron chi connectivity index (χ1n) is 5.54. The van der Waals surface area contributed by atoms with Gasteiger partial charge in [0.05, 0.1) is 10.2 Å². The van der Waals surface area contributed by atoms with Crippen molar-refractivity contribution in [1.29, 1.82) is 0 Å². The second-order valence-corrected chi connectivity index (χ2v) is 5.24. The summed E-state index contributed by atoms with van der Waals surface area (Å²) in [4.78, 5) is 30.2. The average Bonchev–Trinajstić information content (AvgIpc) is 2.75. The summed E-state index contributed by atoms with van der Waals surface area (Å²) < 4.78 is 7.10. The van der Waals surface area contributed by atoms with Crippen molar-refractivity contribution in [3.05, 3.63) is 30.4 Å². The SMILES string of the molecule is Nc1nc(=O)n(C2CC(O[N+](=O)[O-])C(CO)O2)cc1I. The van der Waals surface area contributed by atoms with Crippen molar-refractivity contribution in [1.82, 2.24) is 9.55 Å². The van der Waals surface area contributed by atoms with Gasteiger partial charge < -0.3 is 20.4 Å². The lowest BCUT2D eigenvalue weighted by atomic mass is 10.2. The zero-order valence-electron chi connectivity index (χ0n) is 10.0. The van der Waals surface area contributed by atoms with Gasteiger partial charge in [0.15, 0.2) is 0 Å². The lowest BCUT2D eigenvalue weighted by Crippen LogP contribution is -2.29. The first-order valence-corrected chi connectivity index (χ1v) is 6.62. The molecule has 2 heterocycles. The van der Waals surface area contributed by atoms with E-state index in [-0.39, 0.29) is 12.2 Å². The van der Waals surface area contributed by atoms with Gasteiger partial charge in [-0.05, 0) is 22.6 Å². The smallest absolute Gasteiger partial charge is 0.351 e. The summed E-state index contributed by atoms with van der Waals surface area (Å²) in [6, 6.07) is 0. The molecule has 1 fully saturated rings. The fourth-order valence-electron chi connectivity index (χ4n) is 1.92. The van der Waals surface area contributed by atoms with Crippen LogP contribution in [0.4, 0.5) is 5.82 Å². The van der Waals surface area contributed by atoms with Crippen LogP contribution in [0, 0.1) is 13.7 Å². The third kappa shape index (κ3) is 2.99. The van der Waals surface area contributed by atoms with E-state index in [0.717, 1.165) is 0 Å². The van der Waals surface area contributed by atoms with Gasteiger partial charge in [0, 0.05) is 12.6 Å². The minimum absolute atomic E-state index is 0.0494. The first kappa shape index (κ1) is 14.9. The summed E-state index contributed by atoms with van der Waals surface area (Å²) in [5.41, 5.74) is 4.88. The number of hydrogen-bond acceptors (Lipinski definition) is 8. The maximum absolute atomic E-state index is 11.8. The van der Waals surface area contributed by atoms with Crippen LogP contribution < -0.4 is 11.4 Å². The zero-order valence-corrected chi connectivity index (χ0v) is 12.2. The molecule has 1 aliphatic heterocycles. The van der Waals surface area contributed by atoms with Crippen molar-refractivity contribution in [2.75, 3.05) is 12.3 Å². The topological polar surface area (TPSA) is 143 Å². The highest BCUT2D eigenvalue weighted by molar-refractivity contribution is 14.1. The van der Waals surface area contributed by atoms with E-state index < -0.39 is 35.8 Å². The monoisotopic (exact) mass is 398 g/mol. The van der Waals surface area contributed by atoms with Crippen molar-refractivity contribution in [3.63, 3.8) is 0 Å². The second kappa shape index (κ2) is 5.88. The van der Waals surface area contributed by atoms with Gasteiger partial charge in [-0.3, -0.25) is 4.57 Å². The number of ether oxygens (including phenoxy) is 1. The number of aliphatic hydroxyl groups excluding tert-OH is 1. The first-order chi connectivity index (χ1) is 9.42. The molecule has 1 aromatic rings. The number of nitrogens with zero attached hydrogens (tertiary/aromatic N) is 3. The lowest BCUT2D eigenvalue weighted by molar-refractivity contribution is -0.769. The van der Waals surface area contributed by atoms with Gasteiger partial charge in [0.25, 0.3) is 5.09 Å². The summed E-state index contributed by atoms with van der Waals surface area (Å²) in [5, 5.41) is 18.6. The van der Waals surface area contributed by atoms with Gasteiger partial charge in [-0.25, -0.2) is 4.79 Å². The predicted molar refractivity (Wildman–Crippen MR) is 73.1 cm³/mol. The molecule has 20 heavy (non-hydrogen) atoms. The molecule has 0 bridgehead atoms. The fourth-order valence-corrected chi connectivity index (χ4v) is 2.34. The van der Waals surface area contributed by atoms with Gasteiger partial charge in [-0.15, -0.1) is 10.1 Å². The van der Waals surface area contributed by atoms with Crippen molar-refractivity contribution in [2.45, 2.75) is 24.9 Å². The molecule has 0 spiro atoms. The van der Waals surface area contributed by atoms with E-state index in [0.29, 0.717) is 3.57 Å². The molecular formula is C9H11IN4O6. The molecule has 0 amide bonds. The van der Waals surface area contributed by atoms with Crippen LogP contribution in [-0.4, -0.2) is 38.6 Å². The maximum atomic E-state index is 11.8. The highest BCUT2D eigenvalue weighted by atomic mass is 127. The molecule has 2 rings (SSSR count). The molecule has 0 radical (unpaired) electrons. The van der Waals surface area contributed by atoms with Gasteiger partial charge in [-0.1, -0.05) is 0 Å². The Bertz CT molecular complexity index is 578. The normalized spacial score (nSPS) is 25.6. The summed E-state index contributed by atoms with van der Waals surface area (Å²) in [7, 11) is 0. The zero-order chi connectivity index (χ0) is 14.9. The predicted octanol–water partition coefficient (Wildman–Crippen LogP) is -0.713. The van der Waals surface area contributed by atoms with E-state index in [4.69, 9.17) is 15.6 Å². The Balaban J connectivity index is 2.25. The number of hydrogen-bond donors (Lipinski definition) is 2. The van der Waals surface area contributed by atoms with Crippen molar-refractivity contribution >= 4 is 28.4 Å². The quantitative estimate of drug-likeness (QED) is 0.385. The molecule has 3 unspecified atom stereocenters. The number of halogens is 1. The molecule has 3 N–H and O–H groups in total. The van der Waals surface area contributed by atoms with Crippen LogP contribution in [0.3, 0.4) is 0 Å². The van der Waals surface area contributed by atoms with Gasteiger partial charge >= 0.3 is 5.69 Å². The van der Waals surface area contributed by atoms with Crippen molar-refractivity contribution < 1.29 is 19.8 Å². The summed E-state index contributed by atoms with van der Waals surface area (Å²) in [6.45, 7) is -0.455. The number of aliphatic hydroxyl groups is 1. The number of nitrogen functional groups attached to an aromatic ring is 1. The Hall–Kier alpha value is -1.47. The van der Waals surface area contributed by atoms with Crippen LogP contribution in [-0.2, 0) is 9.57 Å². The summed E-state index contributed by atoms with van der Waals surface area (Å²) in [5.74, 6) is 0.0987. The van der Waals surface area contributed by atoms with Crippen LogP contribution in [0.5, 0.6) is 0 Å². The van der Waals surface area contributed by atoms with Crippen LogP contribution in [0.25, 0.3) is 0 Å². The Morgan fingerprint density at radius 2 is 2.45 bits per heavy atom. The largest absolute Gasteiger partial charge is 0.394 e. The van der Waals surface area contributed by atoms with Crippen LogP contribution in [0.2, 0.25) is 0 Å². The van der Waals surface area contributed by atoms with E-state index in [2.05, 4.69) is 9.82 Å². The standard InChI is InChI=1S/C9H11IN4O6/c10-4-2-13(9(16)12-8(4)11)7-1-5(20-14(17)18)6(3-15)19-7/h2,5-7,15H,1,3H2,(H2,11,12,16). The van der Waals surface area contributed by atoms with E-state index in [1.54, 1.807) is 0 Å². The lowest BCUT2D eigenvalue weighted by Gasteiger charge is -2.15. The number of rotatable bonds is 4. The van der Waals surface area contributed by atoms with Gasteiger partial charge in [-0.2, -0.15) is 4.98 Å². The van der Waals surface area contributed by atoms with E-state index in [1.165, 1.54) is 10.8 Å². The van der Waals surface area contributed by atoms with Gasteiger partial charge in [0.1, 0.15) is 24.3 Å². The van der Waals surface area contributed by atoms with Crippen LogP contribution in [0.15, 0.2) is 11.0 Å². The van der Waals surface area contributed by atoms with Crippen molar-refractivity contribution in [2.24, 2.45) is 0 Å². The number of aromatic nitrogens is 2. The highest BCUT2D eigenvalue weighted by Crippen LogP contribution is 2.30. The van der Waals surface area contributed by atoms with E-state index in [9.17, 15) is 14.9 Å². The third-order valence-electron chi connectivity index (χ3n) is 2.83. The van der Waals surface area contributed by atoms with E-state index in [1.807, 2.05) is 22.6 Å². The molecule has 3 atom stereocenters. The molecule has 1 aliphatic rings. The summed E-state index contributed by atoms with van der Waals surface area (Å²) in [6.07, 6.45) is -1.13. The molecule has 1 aromatic heterocycles. The Morgan fingerprint density at radius 1 is 1.75 bits per heavy atom. The minimum atomic E-state index is -0.952. The highest BCUT2D eigenvalue weighted by Gasteiger charge is 2.39. The molecule has 11 heteroatoms. The average molecular weight is 398 g/mol. The van der Waals surface area contributed by atoms with E-state index >= 15 is 0 Å². The summed E-state index contributed by atoms with van der Waals surface area (Å²) >= 11 is 1.90. The van der Waals surface area contributed by atoms with Crippen molar-refractivity contribution in [3.8, 4) is 0 Å². The number of anilines is 1. The fraction of sp³-hybridized carbons (Fsp3) is 0.556. The Kier molecular flexibility index (Phi) is 4.39. The van der Waals surface area contributed by atoms with Gasteiger partial charge in [0.2, 0.25) is 0 Å². The molecular weight excluding hydrogens is 387 g/mol. The second-order valence-electron chi connectivity index (χ2n) is 4.08. The molecule has 0 aliphatic carbocycles. The Labute approximate surface area is 125 Å². The Morgan fingerprint density at radius 3 is 3.05 bits per heavy atom. The van der Waals surface area contributed by atoms with Crippen LogP contribution in [0.1, 0.15) is 12.6 Å². The maximum Gasteiger partial charge on any atom is 0.351 e. The molecule has 1 saturated heterocycles. The molecule has 110 valence electrons.